The Balaban J connectivity index is 2.29. The minimum atomic E-state index is -0.514. The molecule has 1 rings (SSSR count). The molecule has 117 valence electrons. The van der Waals surface area contributed by atoms with Gasteiger partial charge >= 0.3 is 5.97 Å². The van der Waals surface area contributed by atoms with Crippen molar-refractivity contribution < 1.29 is 19.3 Å². The Labute approximate surface area is 127 Å². The molecule has 0 bridgehead atoms. The van der Waals surface area contributed by atoms with Crippen LogP contribution >= 0.6 is 0 Å². The van der Waals surface area contributed by atoms with Crippen LogP contribution in [-0.2, 0) is 19.9 Å². The quantitative estimate of drug-likeness (QED) is 0.412. The average Bonchev–Trinajstić information content (AvgIpc) is 2.45. The maximum atomic E-state index is 11.7. The van der Waals surface area contributed by atoms with E-state index in [-0.39, 0.29) is 5.41 Å². The zero-order valence-electron chi connectivity index (χ0n) is 13.3. The van der Waals surface area contributed by atoms with Gasteiger partial charge in [-0.05, 0) is 29.5 Å². The Hall–Kier alpha value is -1.39. The van der Waals surface area contributed by atoms with E-state index in [9.17, 15) is 4.79 Å². The predicted octanol–water partition coefficient (Wildman–Crippen LogP) is 4.05. The Kier molecular flexibility index (Phi) is 7.40. The van der Waals surface area contributed by atoms with E-state index >= 15 is 0 Å². The molecule has 0 heterocycles. The number of hydrogen-bond acceptors (Lipinski definition) is 4. The lowest BCUT2D eigenvalue weighted by Crippen LogP contribution is -2.12. The van der Waals surface area contributed by atoms with E-state index in [0.29, 0.717) is 18.8 Å². The molecule has 0 saturated carbocycles. The molecule has 0 aliphatic carbocycles. The summed E-state index contributed by atoms with van der Waals surface area (Å²) in [5.41, 5.74) is 1.68. The van der Waals surface area contributed by atoms with Crippen LogP contribution in [0.3, 0.4) is 0 Å². The van der Waals surface area contributed by atoms with E-state index in [0.717, 1.165) is 18.4 Å². The number of benzene rings is 1. The van der Waals surface area contributed by atoms with Gasteiger partial charge in [0, 0.05) is 6.61 Å². The van der Waals surface area contributed by atoms with E-state index in [1.807, 2.05) is 12.1 Å². The number of carbonyl (C=O) groups excluding carboxylic acids is 1. The highest BCUT2D eigenvalue weighted by Gasteiger charge is 2.15. The molecule has 4 heteroatoms. The van der Waals surface area contributed by atoms with E-state index < -0.39 is 5.97 Å². The zero-order chi connectivity index (χ0) is 15.7. The lowest BCUT2D eigenvalue weighted by atomic mass is 9.87. The molecule has 0 spiro atoms. The second-order valence-electron chi connectivity index (χ2n) is 5.89. The van der Waals surface area contributed by atoms with Crippen molar-refractivity contribution in [2.24, 2.45) is 0 Å². The summed E-state index contributed by atoms with van der Waals surface area (Å²) in [4.78, 5) is 21.1. The van der Waals surface area contributed by atoms with E-state index in [1.165, 1.54) is 6.61 Å². The van der Waals surface area contributed by atoms with Gasteiger partial charge in [0.05, 0.1) is 12.2 Å². The monoisotopic (exact) mass is 293 g/mol. The van der Waals surface area contributed by atoms with Crippen molar-refractivity contribution in [2.75, 3.05) is 13.2 Å². The number of rotatable bonds is 8. The first-order chi connectivity index (χ1) is 9.95. The van der Waals surface area contributed by atoms with Gasteiger partial charge in [-0.1, -0.05) is 46.2 Å². The molecule has 0 aliphatic rings. The van der Waals surface area contributed by atoms with Crippen molar-refractivity contribution in [1.82, 2.24) is 0 Å². The first kappa shape index (κ1) is 17.7. The molecular formula is C17H25O4. The van der Waals surface area contributed by atoms with Crippen LogP contribution in [-0.4, -0.2) is 19.2 Å². The molecule has 1 aromatic rings. The smallest absolute Gasteiger partial charge is 0.373 e. The van der Waals surface area contributed by atoms with E-state index in [4.69, 9.17) is 9.62 Å². The van der Waals surface area contributed by atoms with Crippen molar-refractivity contribution in [1.29, 1.82) is 0 Å². The van der Waals surface area contributed by atoms with Gasteiger partial charge < -0.3 is 4.74 Å². The topological polar surface area (TPSA) is 44.8 Å². The molecule has 1 radical (unpaired) electrons. The third-order valence-electron chi connectivity index (χ3n) is 3.01. The summed E-state index contributed by atoms with van der Waals surface area (Å²) in [6, 6.07) is 7.33. The van der Waals surface area contributed by atoms with Gasteiger partial charge in [0.2, 0.25) is 0 Å². The number of hydrogen-bond donors (Lipinski definition) is 0. The third-order valence-corrected chi connectivity index (χ3v) is 3.01. The third kappa shape index (κ3) is 6.74. The van der Waals surface area contributed by atoms with Crippen LogP contribution in [0.5, 0.6) is 0 Å². The maximum Gasteiger partial charge on any atom is 0.373 e. The second-order valence-corrected chi connectivity index (χ2v) is 5.89. The highest BCUT2D eigenvalue weighted by Crippen LogP contribution is 2.22. The summed E-state index contributed by atoms with van der Waals surface area (Å²) >= 11 is 0. The molecule has 0 atom stereocenters. The van der Waals surface area contributed by atoms with Crippen LogP contribution in [0.2, 0.25) is 0 Å². The summed E-state index contributed by atoms with van der Waals surface area (Å²) < 4.78 is 5.24. The van der Waals surface area contributed by atoms with Crippen molar-refractivity contribution in [2.45, 2.75) is 46.0 Å². The SMILES string of the molecule is CCCCOC[CH]OOC(=O)c1ccc(C(C)(C)C)cc1. The molecule has 0 aromatic heterocycles. The molecule has 1 aromatic carbocycles. The zero-order valence-corrected chi connectivity index (χ0v) is 13.3. The van der Waals surface area contributed by atoms with Crippen LogP contribution in [0, 0.1) is 6.61 Å². The van der Waals surface area contributed by atoms with Gasteiger partial charge in [-0.3, -0.25) is 4.89 Å². The summed E-state index contributed by atoms with van der Waals surface area (Å²) in [5.74, 6) is -0.514. The fourth-order valence-electron chi connectivity index (χ4n) is 1.64. The van der Waals surface area contributed by atoms with Gasteiger partial charge in [-0.15, -0.1) is 0 Å². The van der Waals surface area contributed by atoms with Crippen molar-refractivity contribution in [3.63, 3.8) is 0 Å². The fourth-order valence-corrected chi connectivity index (χ4v) is 1.64. The molecule has 4 nitrogen and oxygen atoms in total. The fraction of sp³-hybridized carbons (Fsp3) is 0.529. The number of unbranched alkanes of at least 4 members (excludes halogenated alkanes) is 1. The van der Waals surface area contributed by atoms with Gasteiger partial charge in [-0.25, -0.2) is 4.79 Å². The van der Waals surface area contributed by atoms with Crippen LogP contribution in [0.15, 0.2) is 24.3 Å². The van der Waals surface area contributed by atoms with Crippen LogP contribution in [0.25, 0.3) is 0 Å². The van der Waals surface area contributed by atoms with E-state index in [2.05, 4.69) is 32.6 Å². The van der Waals surface area contributed by atoms with Crippen molar-refractivity contribution in [3.05, 3.63) is 42.0 Å². The van der Waals surface area contributed by atoms with Gasteiger partial charge in [0.1, 0.15) is 0 Å². The molecule has 21 heavy (non-hydrogen) atoms. The molecule has 0 fully saturated rings. The molecular weight excluding hydrogens is 268 g/mol. The van der Waals surface area contributed by atoms with Crippen LogP contribution < -0.4 is 0 Å². The summed E-state index contributed by atoms with van der Waals surface area (Å²) in [5, 5.41) is 0. The number of carbonyl (C=O) groups is 1. The van der Waals surface area contributed by atoms with Gasteiger partial charge in [0.25, 0.3) is 0 Å². The Morgan fingerprint density at radius 2 is 1.86 bits per heavy atom. The normalized spacial score (nSPS) is 11.4. The summed E-state index contributed by atoms with van der Waals surface area (Å²) in [6.45, 7) is 10.8. The molecule has 0 N–H and O–H groups in total. The molecule has 0 amide bonds. The second kappa shape index (κ2) is 8.80. The standard InChI is InChI=1S/C17H25O4/c1-5-6-11-19-12-13-20-21-16(18)14-7-9-15(10-8-14)17(2,3)4/h7-10,13H,5-6,11-12H2,1-4H3. The minimum Gasteiger partial charge on any atom is -0.378 e. The molecule has 0 saturated heterocycles. The lowest BCUT2D eigenvalue weighted by molar-refractivity contribution is -0.218. The molecule has 0 aliphatic heterocycles. The lowest BCUT2D eigenvalue weighted by Gasteiger charge is -2.18. The Morgan fingerprint density at radius 3 is 2.43 bits per heavy atom. The van der Waals surface area contributed by atoms with Gasteiger partial charge in [-0.2, -0.15) is 4.89 Å². The van der Waals surface area contributed by atoms with Crippen LogP contribution in [0.4, 0.5) is 0 Å². The van der Waals surface area contributed by atoms with Crippen molar-refractivity contribution in [3.8, 4) is 0 Å². The molecule has 0 unspecified atom stereocenters. The Bertz CT molecular complexity index is 417. The van der Waals surface area contributed by atoms with Crippen LogP contribution in [0.1, 0.15) is 56.5 Å². The first-order valence-electron chi connectivity index (χ1n) is 7.32. The van der Waals surface area contributed by atoms with E-state index in [1.54, 1.807) is 12.1 Å². The average molecular weight is 293 g/mol. The highest BCUT2D eigenvalue weighted by atomic mass is 17.2. The maximum absolute atomic E-state index is 11.7. The Morgan fingerprint density at radius 1 is 1.19 bits per heavy atom. The van der Waals surface area contributed by atoms with Gasteiger partial charge in [0.15, 0.2) is 6.61 Å². The predicted molar refractivity (Wildman–Crippen MR) is 81.7 cm³/mol. The summed E-state index contributed by atoms with van der Waals surface area (Å²) in [6.07, 6.45) is 2.09. The number of ether oxygens (including phenoxy) is 1. The minimum absolute atomic E-state index is 0.0581. The highest BCUT2D eigenvalue weighted by molar-refractivity contribution is 5.88. The summed E-state index contributed by atoms with van der Waals surface area (Å²) in [7, 11) is 0. The van der Waals surface area contributed by atoms with Crippen molar-refractivity contribution >= 4 is 5.97 Å². The first-order valence-corrected chi connectivity index (χ1v) is 7.32. The largest absolute Gasteiger partial charge is 0.378 e.